The summed E-state index contributed by atoms with van der Waals surface area (Å²) in [6, 6.07) is 11.9. The second-order valence-electron chi connectivity index (χ2n) is 4.12. The number of ether oxygens (including phenoxy) is 1. The smallest absolute Gasteiger partial charge is 0.337 e. The third-order valence-corrected chi connectivity index (χ3v) is 3.78. The third-order valence-electron chi connectivity index (χ3n) is 2.84. The first kappa shape index (κ1) is 12.8. The Hall–Kier alpha value is -1.61. The van der Waals surface area contributed by atoms with Gasteiger partial charge in [0.15, 0.2) is 0 Å². The van der Waals surface area contributed by atoms with Gasteiger partial charge in [-0.3, -0.25) is 0 Å². The van der Waals surface area contributed by atoms with Gasteiger partial charge < -0.3 is 4.74 Å². The molecule has 2 aromatic rings. The Morgan fingerprint density at radius 1 is 1.17 bits per heavy atom. The highest BCUT2D eigenvalue weighted by molar-refractivity contribution is 7.09. The van der Waals surface area contributed by atoms with Crippen LogP contribution < -0.4 is 0 Å². The first-order valence-corrected chi connectivity index (χ1v) is 6.87. The van der Waals surface area contributed by atoms with E-state index in [1.54, 1.807) is 11.3 Å². The van der Waals surface area contributed by atoms with Crippen LogP contribution in [0.25, 0.3) is 0 Å². The monoisotopic (exact) mass is 260 g/mol. The highest BCUT2D eigenvalue weighted by Gasteiger charge is 2.04. The molecule has 0 bridgehead atoms. The van der Waals surface area contributed by atoms with Gasteiger partial charge in [0, 0.05) is 4.88 Å². The van der Waals surface area contributed by atoms with Crippen LogP contribution in [0.4, 0.5) is 0 Å². The quantitative estimate of drug-likeness (QED) is 0.766. The lowest BCUT2D eigenvalue weighted by Crippen LogP contribution is -2.00. The van der Waals surface area contributed by atoms with Gasteiger partial charge in [-0.2, -0.15) is 0 Å². The largest absolute Gasteiger partial charge is 0.465 e. The topological polar surface area (TPSA) is 26.3 Å². The number of benzene rings is 1. The fourth-order valence-corrected chi connectivity index (χ4v) is 2.60. The summed E-state index contributed by atoms with van der Waals surface area (Å²) in [5.41, 5.74) is 1.87. The Morgan fingerprint density at radius 2 is 1.94 bits per heavy atom. The molecule has 0 unspecified atom stereocenters. The normalized spacial score (nSPS) is 10.3. The second kappa shape index (κ2) is 6.36. The number of carbonyl (C=O) groups is 1. The maximum atomic E-state index is 11.3. The first-order chi connectivity index (χ1) is 8.79. The van der Waals surface area contributed by atoms with Crippen molar-refractivity contribution in [3.8, 4) is 0 Å². The molecule has 0 radical (unpaired) electrons. The van der Waals surface area contributed by atoms with Gasteiger partial charge in [0.05, 0.1) is 12.7 Å². The van der Waals surface area contributed by atoms with E-state index in [2.05, 4.69) is 22.2 Å². The predicted molar refractivity (Wildman–Crippen MR) is 74.1 cm³/mol. The molecular weight excluding hydrogens is 244 g/mol. The standard InChI is InChI=1S/C15H16O2S/c1-17-15(16)13-9-7-12(8-10-13)4-2-5-14-6-3-11-18-14/h3,6-11H,2,4-5H2,1H3. The van der Waals surface area contributed by atoms with Crippen molar-refractivity contribution in [1.82, 2.24) is 0 Å². The molecule has 94 valence electrons. The minimum Gasteiger partial charge on any atom is -0.465 e. The van der Waals surface area contributed by atoms with Crippen LogP contribution in [-0.2, 0) is 17.6 Å². The summed E-state index contributed by atoms with van der Waals surface area (Å²) in [6.45, 7) is 0. The molecule has 0 aliphatic rings. The molecule has 2 rings (SSSR count). The zero-order valence-corrected chi connectivity index (χ0v) is 11.2. The van der Waals surface area contributed by atoms with E-state index in [1.165, 1.54) is 17.6 Å². The van der Waals surface area contributed by atoms with Gasteiger partial charge in [0.25, 0.3) is 0 Å². The van der Waals surface area contributed by atoms with E-state index in [0.717, 1.165) is 19.3 Å². The van der Waals surface area contributed by atoms with Crippen LogP contribution in [0.5, 0.6) is 0 Å². The van der Waals surface area contributed by atoms with Crippen molar-refractivity contribution in [2.45, 2.75) is 19.3 Å². The molecular formula is C15H16O2S. The van der Waals surface area contributed by atoms with Gasteiger partial charge in [-0.05, 0) is 48.4 Å². The predicted octanol–water partition coefficient (Wildman–Crippen LogP) is 3.71. The number of methoxy groups -OCH3 is 1. The zero-order valence-electron chi connectivity index (χ0n) is 10.4. The molecule has 0 fully saturated rings. The van der Waals surface area contributed by atoms with E-state index in [1.807, 2.05) is 24.3 Å². The summed E-state index contributed by atoms with van der Waals surface area (Å²) in [5, 5.41) is 2.11. The molecule has 0 N–H and O–H groups in total. The van der Waals surface area contributed by atoms with E-state index in [-0.39, 0.29) is 5.97 Å². The minimum absolute atomic E-state index is 0.278. The molecule has 0 amide bonds. The summed E-state index contributed by atoms with van der Waals surface area (Å²) in [4.78, 5) is 12.7. The van der Waals surface area contributed by atoms with Gasteiger partial charge in [0.1, 0.15) is 0 Å². The van der Waals surface area contributed by atoms with E-state index in [0.29, 0.717) is 5.56 Å². The van der Waals surface area contributed by atoms with Crippen LogP contribution >= 0.6 is 11.3 Å². The molecule has 0 aliphatic carbocycles. The number of esters is 1. The molecule has 1 aromatic carbocycles. The number of hydrogen-bond donors (Lipinski definition) is 0. The lowest BCUT2D eigenvalue weighted by molar-refractivity contribution is 0.0600. The zero-order chi connectivity index (χ0) is 12.8. The number of carbonyl (C=O) groups excluding carboxylic acids is 1. The lowest BCUT2D eigenvalue weighted by atomic mass is 10.1. The molecule has 0 saturated heterocycles. The van der Waals surface area contributed by atoms with Gasteiger partial charge in [-0.25, -0.2) is 4.79 Å². The molecule has 0 spiro atoms. The average molecular weight is 260 g/mol. The van der Waals surface area contributed by atoms with Crippen LogP contribution in [0.3, 0.4) is 0 Å². The number of thiophene rings is 1. The molecule has 0 atom stereocenters. The van der Waals surface area contributed by atoms with Gasteiger partial charge in [-0.1, -0.05) is 18.2 Å². The van der Waals surface area contributed by atoms with E-state index >= 15 is 0 Å². The van der Waals surface area contributed by atoms with Crippen molar-refractivity contribution < 1.29 is 9.53 Å². The fourth-order valence-electron chi connectivity index (χ4n) is 1.85. The Labute approximate surface area is 111 Å². The SMILES string of the molecule is COC(=O)c1ccc(CCCc2cccs2)cc1. The van der Waals surface area contributed by atoms with E-state index in [4.69, 9.17) is 0 Å². The van der Waals surface area contributed by atoms with Gasteiger partial charge in [0.2, 0.25) is 0 Å². The lowest BCUT2D eigenvalue weighted by Gasteiger charge is -2.03. The summed E-state index contributed by atoms with van der Waals surface area (Å²) >= 11 is 1.81. The molecule has 18 heavy (non-hydrogen) atoms. The van der Waals surface area contributed by atoms with Crippen LogP contribution in [0.1, 0.15) is 27.2 Å². The summed E-state index contributed by atoms with van der Waals surface area (Å²) in [5.74, 6) is -0.278. The van der Waals surface area contributed by atoms with E-state index < -0.39 is 0 Å². The second-order valence-corrected chi connectivity index (χ2v) is 5.15. The Kier molecular flexibility index (Phi) is 4.53. The van der Waals surface area contributed by atoms with Crippen LogP contribution in [0.2, 0.25) is 0 Å². The third kappa shape index (κ3) is 3.44. The summed E-state index contributed by atoms with van der Waals surface area (Å²) in [6.07, 6.45) is 3.30. The molecule has 2 nitrogen and oxygen atoms in total. The number of aryl methyl sites for hydroxylation is 2. The van der Waals surface area contributed by atoms with Crippen molar-refractivity contribution in [1.29, 1.82) is 0 Å². The van der Waals surface area contributed by atoms with Crippen molar-refractivity contribution in [2.24, 2.45) is 0 Å². The van der Waals surface area contributed by atoms with Crippen molar-refractivity contribution >= 4 is 17.3 Å². The van der Waals surface area contributed by atoms with Crippen LogP contribution in [-0.4, -0.2) is 13.1 Å². The maximum absolute atomic E-state index is 11.3. The number of hydrogen-bond acceptors (Lipinski definition) is 3. The average Bonchev–Trinajstić information content (AvgIpc) is 2.92. The fraction of sp³-hybridized carbons (Fsp3) is 0.267. The Morgan fingerprint density at radius 3 is 2.56 bits per heavy atom. The Bertz CT molecular complexity index is 486. The van der Waals surface area contributed by atoms with Gasteiger partial charge >= 0.3 is 5.97 Å². The molecule has 0 aliphatic heterocycles. The van der Waals surface area contributed by atoms with E-state index in [9.17, 15) is 4.79 Å². The number of rotatable bonds is 5. The molecule has 0 saturated carbocycles. The maximum Gasteiger partial charge on any atom is 0.337 e. The summed E-state index contributed by atoms with van der Waals surface area (Å²) in [7, 11) is 1.40. The van der Waals surface area contributed by atoms with Crippen LogP contribution in [0.15, 0.2) is 41.8 Å². The van der Waals surface area contributed by atoms with Crippen LogP contribution in [0, 0.1) is 0 Å². The molecule has 1 aromatic heterocycles. The van der Waals surface area contributed by atoms with Crippen molar-refractivity contribution in [3.05, 3.63) is 57.8 Å². The highest BCUT2D eigenvalue weighted by Crippen LogP contribution is 2.14. The molecule has 3 heteroatoms. The first-order valence-electron chi connectivity index (χ1n) is 5.99. The minimum atomic E-state index is -0.278. The van der Waals surface area contributed by atoms with Crippen molar-refractivity contribution in [2.75, 3.05) is 7.11 Å². The summed E-state index contributed by atoms with van der Waals surface area (Å²) < 4.78 is 4.67. The van der Waals surface area contributed by atoms with Crippen molar-refractivity contribution in [3.63, 3.8) is 0 Å². The molecule has 1 heterocycles. The van der Waals surface area contributed by atoms with Gasteiger partial charge in [-0.15, -0.1) is 11.3 Å². The Balaban J connectivity index is 1.85. The highest BCUT2D eigenvalue weighted by atomic mass is 32.1.